The Balaban J connectivity index is 1.72. The van der Waals surface area contributed by atoms with Crippen LogP contribution in [0.3, 0.4) is 0 Å². The van der Waals surface area contributed by atoms with Crippen LogP contribution in [0.5, 0.6) is 0 Å². The molecule has 4 unspecified atom stereocenters. The average molecular weight is 256 g/mol. The maximum Gasteiger partial charge on any atom is 0.0710 e. The first-order valence-electron chi connectivity index (χ1n) is 7.25. The number of pyridine rings is 1. The molecule has 2 aromatic heterocycles. The van der Waals surface area contributed by atoms with Gasteiger partial charge in [0, 0.05) is 11.8 Å². The third-order valence-corrected chi connectivity index (χ3v) is 5.19. The van der Waals surface area contributed by atoms with E-state index in [1.165, 1.54) is 36.8 Å². The summed E-state index contributed by atoms with van der Waals surface area (Å²) >= 11 is 0. The first kappa shape index (κ1) is 11.4. The van der Waals surface area contributed by atoms with Crippen LogP contribution in [0, 0.1) is 17.8 Å². The zero-order valence-corrected chi connectivity index (χ0v) is 11.0. The molecule has 19 heavy (non-hydrogen) atoms. The van der Waals surface area contributed by atoms with Crippen LogP contribution in [0.25, 0.3) is 5.52 Å². The van der Waals surface area contributed by atoms with Gasteiger partial charge in [-0.3, -0.25) is 11.3 Å². The van der Waals surface area contributed by atoms with E-state index in [1.54, 1.807) is 0 Å². The smallest absolute Gasteiger partial charge is 0.0710 e. The van der Waals surface area contributed by atoms with Crippen LogP contribution in [-0.2, 0) is 0 Å². The Morgan fingerprint density at radius 2 is 2.26 bits per heavy atom. The van der Waals surface area contributed by atoms with E-state index in [9.17, 15) is 0 Å². The molecule has 2 aliphatic rings. The monoisotopic (exact) mass is 256 g/mol. The molecule has 2 aromatic rings. The molecule has 0 aliphatic heterocycles. The van der Waals surface area contributed by atoms with Gasteiger partial charge < -0.3 is 0 Å². The van der Waals surface area contributed by atoms with E-state index in [2.05, 4.69) is 22.7 Å². The maximum atomic E-state index is 5.88. The lowest BCUT2D eigenvalue weighted by Gasteiger charge is -2.29. The van der Waals surface area contributed by atoms with Gasteiger partial charge in [-0.25, -0.2) is 4.52 Å². The van der Waals surface area contributed by atoms with E-state index in [0.717, 1.165) is 11.8 Å². The molecule has 2 bridgehead atoms. The predicted molar refractivity (Wildman–Crippen MR) is 74.2 cm³/mol. The number of nitrogens with two attached hydrogens (primary N) is 1. The fourth-order valence-corrected chi connectivity index (χ4v) is 4.34. The largest absolute Gasteiger partial charge is 0.271 e. The van der Waals surface area contributed by atoms with Crippen LogP contribution < -0.4 is 11.3 Å². The third-order valence-electron chi connectivity index (χ3n) is 5.19. The topological polar surface area (TPSA) is 55.3 Å². The minimum absolute atomic E-state index is 0.246. The fourth-order valence-electron chi connectivity index (χ4n) is 4.34. The zero-order chi connectivity index (χ0) is 12.8. The normalized spacial score (nSPS) is 31.1. The van der Waals surface area contributed by atoms with E-state index in [0.29, 0.717) is 5.92 Å². The zero-order valence-electron chi connectivity index (χ0n) is 11.0. The molecule has 0 saturated heterocycles. The van der Waals surface area contributed by atoms with Gasteiger partial charge in [0.05, 0.1) is 17.8 Å². The van der Waals surface area contributed by atoms with Gasteiger partial charge in [0.15, 0.2) is 0 Å². The molecule has 4 rings (SSSR count). The molecule has 0 aromatic carbocycles. The Hall–Kier alpha value is -1.39. The summed E-state index contributed by atoms with van der Waals surface area (Å²) in [6.45, 7) is 0. The van der Waals surface area contributed by atoms with E-state index in [-0.39, 0.29) is 6.04 Å². The van der Waals surface area contributed by atoms with E-state index in [1.807, 2.05) is 23.0 Å². The molecule has 0 radical (unpaired) electrons. The van der Waals surface area contributed by atoms with E-state index >= 15 is 0 Å². The van der Waals surface area contributed by atoms with Crippen LogP contribution in [0.15, 0.2) is 30.6 Å². The fraction of sp³-hybridized carbons (Fsp3) is 0.533. The van der Waals surface area contributed by atoms with Crippen molar-refractivity contribution in [2.24, 2.45) is 23.6 Å². The SMILES string of the molecule is NNC(c1cnn2ccccc12)C1CC2CCC1C2. The molecule has 0 amide bonds. The van der Waals surface area contributed by atoms with Crippen molar-refractivity contribution in [2.75, 3.05) is 0 Å². The molecule has 0 spiro atoms. The van der Waals surface area contributed by atoms with Crippen LogP contribution in [0.4, 0.5) is 0 Å². The van der Waals surface area contributed by atoms with Gasteiger partial charge in [-0.2, -0.15) is 5.10 Å². The summed E-state index contributed by atoms with van der Waals surface area (Å²) in [6.07, 6.45) is 9.50. The molecule has 4 heteroatoms. The predicted octanol–water partition coefficient (Wildman–Crippen LogP) is 2.27. The quantitative estimate of drug-likeness (QED) is 0.654. The summed E-state index contributed by atoms with van der Waals surface area (Å²) in [7, 11) is 0. The van der Waals surface area contributed by atoms with Gasteiger partial charge >= 0.3 is 0 Å². The summed E-state index contributed by atoms with van der Waals surface area (Å²) in [5.41, 5.74) is 5.49. The number of hydrogen-bond donors (Lipinski definition) is 2. The highest BCUT2D eigenvalue weighted by Crippen LogP contribution is 2.52. The lowest BCUT2D eigenvalue weighted by atomic mass is 9.81. The lowest BCUT2D eigenvalue weighted by molar-refractivity contribution is 0.253. The molecular formula is C15H20N4. The van der Waals surface area contributed by atoms with Crippen LogP contribution >= 0.6 is 0 Å². The average Bonchev–Trinajstić information content (AvgIpc) is 3.15. The molecule has 4 nitrogen and oxygen atoms in total. The molecule has 100 valence electrons. The number of rotatable bonds is 3. The minimum Gasteiger partial charge on any atom is -0.271 e. The van der Waals surface area contributed by atoms with Crippen molar-refractivity contribution in [3.63, 3.8) is 0 Å². The molecule has 2 aliphatic carbocycles. The molecule has 3 N–H and O–H groups in total. The number of nitrogens with zero attached hydrogens (tertiary/aromatic N) is 2. The Morgan fingerprint density at radius 3 is 3.00 bits per heavy atom. The van der Waals surface area contributed by atoms with Crippen molar-refractivity contribution in [1.82, 2.24) is 15.0 Å². The van der Waals surface area contributed by atoms with Gasteiger partial charge in [-0.1, -0.05) is 12.5 Å². The van der Waals surface area contributed by atoms with Gasteiger partial charge in [0.2, 0.25) is 0 Å². The first-order chi connectivity index (χ1) is 9.36. The molecule has 2 heterocycles. The Labute approximate surface area is 113 Å². The summed E-state index contributed by atoms with van der Waals surface area (Å²) in [6, 6.07) is 6.44. The highest BCUT2D eigenvalue weighted by molar-refractivity contribution is 5.55. The van der Waals surface area contributed by atoms with E-state index < -0.39 is 0 Å². The summed E-state index contributed by atoms with van der Waals surface area (Å²) in [4.78, 5) is 0. The maximum absolute atomic E-state index is 5.88. The standard InChI is InChI=1S/C15H20N4/c16-18-15(12-8-10-4-5-11(12)7-10)13-9-17-19-6-2-1-3-14(13)19/h1-3,6,9-12,15,18H,4-5,7-8,16H2. The van der Waals surface area contributed by atoms with Gasteiger partial charge in [0.1, 0.15) is 0 Å². The highest BCUT2D eigenvalue weighted by atomic mass is 15.3. The van der Waals surface area contributed by atoms with Crippen molar-refractivity contribution in [1.29, 1.82) is 0 Å². The Kier molecular flexibility index (Phi) is 2.60. The van der Waals surface area contributed by atoms with Crippen LogP contribution in [0.2, 0.25) is 0 Å². The summed E-state index contributed by atoms with van der Waals surface area (Å²) in [5, 5.41) is 4.44. The number of hydrogen-bond acceptors (Lipinski definition) is 3. The summed E-state index contributed by atoms with van der Waals surface area (Å²) < 4.78 is 1.94. The van der Waals surface area contributed by atoms with Gasteiger partial charge in [-0.05, 0) is 49.1 Å². The van der Waals surface area contributed by atoms with Crippen molar-refractivity contribution in [2.45, 2.75) is 31.7 Å². The van der Waals surface area contributed by atoms with Gasteiger partial charge in [-0.15, -0.1) is 0 Å². The molecular weight excluding hydrogens is 236 g/mol. The number of fused-ring (bicyclic) bond motifs is 3. The third kappa shape index (κ3) is 1.70. The van der Waals surface area contributed by atoms with Gasteiger partial charge in [0.25, 0.3) is 0 Å². The minimum atomic E-state index is 0.246. The molecule has 2 saturated carbocycles. The summed E-state index contributed by atoms with van der Waals surface area (Å²) in [5.74, 6) is 8.35. The second-order valence-electron chi connectivity index (χ2n) is 6.11. The van der Waals surface area contributed by atoms with Crippen molar-refractivity contribution in [3.05, 3.63) is 36.2 Å². The number of aromatic nitrogens is 2. The second kappa shape index (κ2) is 4.32. The Bertz CT molecular complexity index is 591. The second-order valence-corrected chi connectivity index (χ2v) is 6.11. The number of hydrazine groups is 1. The van der Waals surface area contributed by atoms with Crippen molar-refractivity contribution >= 4 is 5.52 Å². The molecule has 2 fully saturated rings. The van der Waals surface area contributed by atoms with Crippen molar-refractivity contribution < 1.29 is 0 Å². The first-order valence-corrected chi connectivity index (χ1v) is 7.25. The van der Waals surface area contributed by atoms with Crippen LogP contribution in [-0.4, -0.2) is 9.61 Å². The van der Waals surface area contributed by atoms with Crippen LogP contribution in [0.1, 0.15) is 37.3 Å². The van der Waals surface area contributed by atoms with E-state index in [4.69, 9.17) is 5.84 Å². The Morgan fingerprint density at radius 1 is 1.32 bits per heavy atom. The number of nitrogens with one attached hydrogen (secondary N) is 1. The molecule has 4 atom stereocenters. The highest BCUT2D eigenvalue weighted by Gasteiger charge is 2.43. The lowest BCUT2D eigenvalue weighted by Crippen LogP contribution is -2.35. The van der Waals surface area contributed by atoms with Crippen molar-refractivity contribution in [3.8, 4) is 0 Å².